The van der Waals surface area contributed by atoms with Crippen molar-refractivity contribution < 1.29 is 4.74 Å². The summed E-state index contributed by atoms with van der Waals surface area (Å²) in [5, 5.41) is 0. The highest BCUT2D eigenvalue weighted by atomic mass is 16.5. The molecule has 0 aromatic carbocycles. The Morgan fingerprint density at radius 3 is 2.64 bits per heavy atom. The van der Waals surface area contributed by atoms with Gasteiger partial charge in [-0.05, 0) is 25.7 Å². The van der Waals surface area contributed by atoms with Crippen molar-refractivity contribution >= 4 is 0 Å². The van der Waals surface area contributed by atoms with Gasteiger partial charge in [-0.1, -0.05) is 12.0 Å². The van der Waals surface area contributed by atoms with E-state index in [1.807, 2.05) is 0 Å². The highest BCUT2D eigenvalue weighted by molar-refractivity contribution is 5.11. The smallest absolute Gasteiger partial charge is 0.128 e. The summed E-state index contributed by atoms with van der Waals surface area (Å²) in [7, 11) is 0. The third-order valence-electron chi connectivity index (χ3n) is 2.15. The molecule has 1 aliphatic rings. The summed E-state index contributed by atoms with van der Waals surface area (Å²) >= 11 is 0. The fraction of sp³-hybridized carbons (Fsp3) is 0.600. The fourth-order valence-electron chi connectivity index (χ4n) is 1.49. The molecule has 1 heteroatoms. The fourth-order valence-corrected chi connectivity index (χ4v) is 1.49. The summed E-state index contributed by atoms with van der Waals surface area (Å²) in [6, 6.07) is 0. The van der Waals surface area contributed by atoms with Crippen LogP contribution in [0.2, 0.25) is 0 Å². The van der Waals surface area contributed by atoms with Gasteiger partial charge in [-0.2, -0.15) is 0 Å². The van der Waals surface area contributed by atoms with Gasteiger partial charge in [0.2, 0.25) is 0 Å². The minimum Gasteiger partial charge on any atom is -0.358 e. The third-order valence-corrected chi connectivity index (χ3v) is 2.15. The molecule has 0 aromatic rings. The van der Waals surface area contributed by atoms with Crippen LogP contribution in [0, 0.1) is 12.3 Å². The van der Waals surface area contributed by atoms with E-state index in [2.05, 4.69) is 12.5 Å². The Morgan fingerprint density at radius 1 is 1.55 bits per heavy atom. The monoisotopic (exact) mass is 150 g/mol. The van der Waals surface area contributed by atoms with Crippen molar-refractivity contribution in [3.8, 4) is 12.3 Å². The number of hydrogen-bond acceptors (Lipinski definition) is 1. The molecule has 0 heterocycles. The zero-order chi connectivity index (χ0) is 8.16. The lowest BCUT2D eigenvalue weighted by atomic mass is 10.0. The van der Waals surface area contributed by atoms with Crippen molar-refractivity contribution in [1.29, 1.82) is 0 Å². The van der Waals surface area contributed by atoms with Crippen LogP contribution in [0.25, 0.3) is 0 Å². The molecular weight excluding hydrogens is 136 g/mol. The van der Waals surface area contributed by atoms with Gasteiger partial charge in [0.15, 0.2) is 0 Å². The van der Waals surface area contributed by atoms with E-state index in [1.54, 1.807) is 6.08 Å². The van der Waals surface area contributed by atoms with E-state index in [0.717, 1.165) is 12.8 Å². The van der Waals surface area contributed by atoms with E-state index in [4.69, 9.17) is 11.2 Å². The minimum atomic E-state index is -0.256. The molecule has 11 heavy (non-hydrogen) atoms. The van der Waals surface area contributed by atoms with Gasteiger partial charge >= 0.3 is 0 Å². The molecule has 0 amide bonds. The normalized spacial score (nSPS) is 21.0. The van der Waals surface area contributed by atoms with Gasteiger partial charge in [-0.15, -0.1) is 13.0 Å². The number of terminal acetylenes is 1. The van der Waals surface area contributed by atoms with Crippen molar-refractivity contribution in [2.45, 2.75) is 31.3 Å². The Balaban J connectivity index is 2.47. The van der Waals surface area contributed by atoms with E-state index < -0.39 is 0 Å². The summed E-state index contributed by atoms with van der Waals surface area (Å²) in [6.45, 7) is 4.17. The molecule has 1 rings (SSSR count). The summed E-state index contributed by atoms with van der Waals surface area (Å²) in [4.78, 5) is 0. The van der Waals surface area contributed by atoms with Gasteiger partial charge in [0, 0.05) is 0 Å². The van der Waals surface area contributed by atoms with Crippen molar-refractivity contribution in [2.24, 2.45) is 0 Å². The van der Waals surface area contributed by atoms with Crippen LogP contribution < -0.4 is 0 Å². The lowest BCUT2D eigenvalue weighted by Gasteiger charge is -2.21. The Bertz CT molecular complexity index is 170. The zero-order valence-electron chi connectivity index (χ0n) is 6.81. The van der Waals surface area contributed by atoms with Crippen LogP contribution in [-0.2, 0) is 4.74 Å². The average Bonchev–Trinajstić information content (AvgIpc) is 2.50. The zero-order valence-corrected chi connectivity index (χ0v) is 6.81. The molecule has 0 aromatic heterocycles. The van der Waals surface area contributed by atoms with Crippen LogP contribution in [0.4, 0.5) is 0 Å². The molecule has 0 atom stereocenters. The molecule has 0 bridgehead atoms. The van der Waals surface area contributed by atoms with Crippen LogP contribution in [-0.4, -0.2) is 12.2 Å². The van der Waals surface area contributed by atoms with Gasteiger partial charge in [-0.25, -0.2) is 0 Å². The van der Waals surface area contributed by atoms with Crippen LogP contribution in [0.1, 0.15) is 25.7 Å². The van der Waals surface area contributed by atoms with Gasteiger partial charge in [0.05, 0.1) is 6.61 Å². The molecule has 0 aliphatic heterocycles. The Morgan fingerprint density at radius 2 is 2.18 bits per heavy atom. The predicted octanol–water partition coefficient (Wildman–Crippen LogP) is 2.13. The van der Waals surface area contributed by atoms with E-state index in [-0.39, 0.29) is 5.60 Å². The lowest BCUT2D eigenvalue weighted by molar-refractivity contribution is 0.0227. The SMILES string of the molecule is C#CC1(OCC=C)CCCC1. The molecule has 1 aliphatic carbocycles. The van der Waals surface area contributed by atoms with Crippen molar-refractivity contribution in [3.05, 3.63) is 12.7 Å². The molecule has 0 N–H and O–H groups in total. The summed E-state index contributed by atoms with van der Waals surface area (Å²) < 4.78 is 5.53. The first-order chi connectivity index (χ1) is 5.33. The highest BCUT2D eigenvalue weighted by Gasteiger charge is 2.31. The molecule has 1 saturated carbocycles. The number of ether oxygens (including phenoxy) is 1. The standard InChI is InChI=1S/C10H14O/c1-3-9-11-10(4-2)7-5-6-8-10/h2-3H,1,5-9H2. The molecule has 0 saturated heterocycles. The number of hydrogen-bond donors (Lipinski definition) is 0. The van der Waals surface area contributed by atoms with E-state index in [9.17, 15) is 0 Å². The predicted molar refractivity (Wildman–Crippen MR) is 46.2 cm³/mol. The van der Waals surface area contributed by atoms with Gasteiger partial charge in [0.1, 0.15) is 5.60 Å². The minimum absolute atomic E-state index is 0.256. The second kappa shape index (κ2) is 3.59. The van der Waals surface area contributed by atoms with Gasteiger partial charge in [-0.3, -0.25) is 0 Å². The van der Waals surface area contributed by atoms with E-state index in [1.165, 1.54) is 12.8 Å². The molecule has 0 unspecified atom stereocenters. The quantitative estimate of drug-likeness (QED) is 0.442. The summed E-state index contributed by atoms with van der Waals surface area (Å²) in [5.41, 5.74) is -0.256. The molecule has 60 valence electrons. The summed E-state index contributed by atoms with van der Waals surface area (Å²) in [6.07, 6.45) is 11.6. The van der Waals surface area contributed by atoms with Crippen molar-refractivity contribution in [3.63, 3.8) is 0 Å². The van der Waals surface area contributed by atoms with Crippen molar-refractivity contribution in [2.75, 3.05) is 6.61 Å². The largest absolute Gasteiger partial charge is 0.358 e. The average molecular weight is 150 g/mol. The Hall–Kier alpha value is -0.740. The Labute approximate surface area is 68.4 Å². The molecular formula is C10H14O. The first kappa shape index (κ1) is 8.36. The third kappa shape index (κ3) is 1.85. The lowest BCUT2D eigenvalue weighted by Crippen LogP contribution is -2.26. The maximum atomic E-state index is 5.53. The van der Waals surface area contributed by atoms with E-state index in [0.29, 0.717) is 6.61 Å². The second-order valence-corrected chi connectivity index (χ2v) is 2.95. The van der Waals surface area contributed by atoms with Gasteiger partial charge < -0.3 is 4.74 Å². The van der Waals surface area contributed by atoms with Crippen LogP contribution >= 0.6 is 0 Å². The topological polar surface area (TPSA) is 9.23 Å². The van der Waals surface area contributed by atoms with Crippen LogP contribution in [0.15, 0.2) is 12.7 Å². The number of rotatable bonds is 3. The van der Waals surface area contributed by atoms with Crippen LogP contribution in [0.5, 0.6) is 0 Å². The first-order valence-corrected chi connectivity index (χ1v) is 4.06. The molecule has 1 fully saturated rings. The van der Waals surface area contributed by atoms with Gasteiger partial charge in [0.25, 0.3) is 0 Å². The van der Waals surface area contributed by atoms with Crippen LogP contribution in [0.3, 0.4) is 0 Å². The summed E-state index contributed by atoms with van der Waals surface area (Å²) in [5.74, 6) is 2.74. The maximum absolute atomic E-state index is 5.53. The highest BCUT2D eigenvalue weighted by Crippen LogP contribution is 2.32. The maximum Gasteiger partial charge on any atom is 0.128 e. The van der Waals surface area contributed by atoms with Crippen molar-refractivity contribution in [1.82, 2.24) is 0 Å². The first-order valence-electron chi connectivity index (χ1n) is 4.06. The second-order valence-electron chi connectivity index (χ2n) is 2.95. The molecule has 0 radical (unpaired) electrons. The van der Waals surface area contributed by atoms with E-state index >= 15 is 0 Å². The molecule has 0 spiro atoms. The molecule has 1 nitrogen and oxygen atoms in total. The Kier molecular flexibility index (Phi) is 2.73.